The summed E-state index contributed by atoms with van der Waals surface area (Å²) in [5.41, 5.74) is 0. The van der Waals surface area contributed by atoms with Crippen molar-refractivity contribution in [2.45, 2.75) is 0 Å². The first kappa shape index (κ1) is 8.88. The van der Waals surface area contributed by atoms with Crippen LogP contribution in [0.1, 0.15) is 4.88 Å². The maximum atomic E-state index is 12.1. The third kappa shape index (κ3) is 2.44. The zero-order valence-corrected chi connectivity index (χ0v) is 6.59. The molecule has 0 unspecified atom stereocenters. The molecule has 12 heavy (non-hydrogen) atoms. The lowest BCUT2D eigenvalue weighted by Gasteiger charge is -1.78. The van der Waals surface area contributed by atoms with Crippen molar-refractivity contribution in [3.63, 3.8) is 0 Å². The van der Waals surface area contributed by atoms with Crippen LogP contribution in [0, 0.1) is 11.8 Å². The predicted molar refractivity (Wildman–Crippen MR) is 41.5 cm³/mol. The van der Waals surface area contributed by atoms with Crippen LogP contribution in [0.15, 0.2) is 29.4 Å². The van der Waals surface area contributed by atoms with Crippen LogP contribution in [0.2, 0.25) is 0 Å². The number of thiophene rings is 1. The van der Waals surface area contributed by atoms with Crippen LogP contribution < -0.4 is 0 Å². The molecule has 1 aromatic rings. The van der Waals surface area contributed by atoms with Crippen molar-refractivity contribution in [1.29, 1.82) is 0 Å². The topological polar surface area (TPSA) is 0 Å². The van der Waals surface area contributed by atoms with E-state index >= 15 is 0 Å². The Labute approximate surface area is 71.3 Å². The fourth-order valence-electron chi connectivity index (χ4n) is 0.513. The highest BCUT2D eigenvalue weighted by atomic mass is 32.1. The van der Waals surface area contributed by atoms with Crippen LogP contribution in [0.4, 0.5) is 13.2 Å². The highest BCUT2D eigenvalue weighted by Crippen LogP contribution is 2.09. The molecular weight excluding hydrogens is 185 g/mol. The van der Waals surface area contributed by atoms with Gasteiger partial charge in [-0.15, -0.1) is 11.3 Å². The van der Waals surface area contributed by atoms with Gasteiger partial charge in [0.15, 0.2) is 0 Å². The van der Waals surface area contributed by atoms with Gasteiger partial charge in [-0.1, -0.05) is 6.07 Å². The Kier molecular flexibility index (Phi) is 2.94. The van der Waals surface area contributed by atoms with Crippen molar-refractivity contribution in [2.75, 3.05) is 0 Å². The molecule has 0 fully saturated rings. The van der Waals surface area contributed by atoms with E-state index in [1.165, 1.54) is 11.3 Å². The Balaban J connectivity index is 2.80. The summed E-state index contributed by atoms with van der Waals surface area (Å²) in [5.74, 6) is 2.31. The standard InChI is InChI=1S/C8H3F3S/c9-7(8(10)11)4-3-6-2-1-5-12-6/h1-2,5H. The predicted octanol–water partition coefficient (Wildman–Crippen LogP) is 3.18. The van der Waals surface area contributed by atoms with E-state index in [0.29, 0.717) is 4.88 Å². The number of allylic oxidation sites excluding steroid dienone is 1. The van der Waals surface area contributed by atoms with Gasteiger partial charge >= 0.3 is 6.08 Å². The molecule has 1 rings (SSSR count). The number of hydrogen-bond acceptors (Lipinski definition) is 1. The first-order valence-corrected chi connectivity index (χ1v) is 3.84. The lowest BCUT2D eigenvalue weighted by atomic mass is 10.4. The normalized spacial score (nSPS) is 8.58. The Morgan fingerprint density at radius 2 is 2.08 bits per heavy atom. The molecular formula is C8H3F3S. The van der Waals surface area contributed by atoms with E-state index in [9.17, 15) is 13.2 Å². The molecule has 0 aromatic carbocycles. The smallest absolute Gasteiger partial charge is 0.191 e. The molecule has 0 aliphatic heterocycles. The van der Waals surface area contributed by atoms with E-state index in [0.717, 1.165) is 0 Å². The number of rotatable bonds is 0. The minimum atomic E-state index is -2.38. The van der Waals surface area contributed by atoms with Gasteiger partial charge in [0.2, 0.25) is 5.83 Å². The zero-order valence-electron chi connectivity index (χ0n) is 5.77. The molecule has 0 N–H and O–H groups in total. The van der Waals surface area contributed by atoms with Crippen molar-refractivity contribution >= 4 is 11.3 Å². The number of hydrogen-bond donors (Lipinski definition) is 0. The molecule has 0 saturated heterocycles. The fourth-order valence-corrected chi connectivity index (χ4v) is 1.08. The molecule has 0 spiro atoms. The average Bonchev–Trinajstić information content (AvgIpc) is 2.51. The van der Waals surface area contributed by atoms with Gasteiger partial charge in [-0.2, -0.15) is 13.2 Å². The average molecular weight is 188 g/mol. The molecule has 0 amide bonds. The first-order valence-electron chi connectivity index (χ1n) is 2.96. The summed E-state index contributed by atoms with van der Waals surface area (Å²) in [6.45, 7) is 0. The summed E-state index contributed by atoms with van der Waals surface area (Å²) in [6, 6.07) is 3.34. The summed E-state index contributed by atoms with van der Waals surface area (Å²) in [6.07, 6.45) is -2.38. The van der Waals surface area contributed by atoms with Crippen molar-refractivity contribution in [1.82, 2.24) is 0 Å². The third-order valence-electron chi connectivity index (χ3n) is 0.983. The van der Waals surface area contributed by atoms with Gasteiger partial charge in [0, 0.05) is 0 Å². The molecule has 1 heterocycles. The lowest BCUT2D eigenvalue weighted by Crippen LogP contribution is -1.68. The Hall–Kier alpha value is -1.21. The maximum Gasteiger partial charge on any atom is 0.314 e. The SMILES string of the molecule is FC(F)=C(F)C#Cc1cccs1. The van der Waals surface area contributed by atoms with Crippen LogP contribution >= 0.6 is 11.3 Å². The molecule has 0 saturated carbocycles. The molecule has 0 atom stereocenters. The first-order chi connectivity index (χ1) is 5.70. The monoisotopic (exact) mass is 188 g/mol. The summed E-state index contributed by atoms with van der Waals surface area (Å²) in [7, 11) is 0. The van der Waals surface area contributed by atoms with Gasteiger partial charge in [0.1, 0.15) is 0 Å². The summed E-state index contributed by atoms with van der Waals surface area (Å²) >= 11 is 1.27. The van der Waals surface area contributed by atoms with Gasteiger partial charge in [0.05, 0.1) is 4.88 Å². The van der Waals surface area contributed by atoms with Crippen LogP contribution in [0.5, 0.6) is 0 Å². The van der Waals surface area contributed by atoms with E-state index in [4.69, 9.17) is 0 Å². The second kappa shape index (κ2) is 3.98. The largest absolute Gasteiger partial charge is 0.314 e. The minimum Gasteiger partial charge on any atom is -0.191 e. The molecule has 0 radical (unpaired) electrons. The lowest BCUT2D eigenvalue weighted by molar-refractivity contribution is 0.389. The van der Waals surface area contributed by atoms with E-state index in [-0.39, 0.29) is 0 Å². The minimum absolute atomic E-state index is 0.561. The van der Waals surface area contributed by atoms with Crippen LogP contribution in [-0.2, 0) is 0 Å². The van der Waals surface area contributed by atoms with Gasteiger partial charge < -0.3 is 0 Å². The van der Waals surface area contributed by atoms with E-state index in [1.54, 1.807) is 23.4 Å². The second-order valence-corrected chi connectivity index (χ2v) is 2.75. The van der Waals surface area contributed by atoms with Crippen LogP contribution in [-0.4, -0.2) is 0 Å². The van der Waals surface area contributed by atoms with E-state index in [1.807, 2.05) is 0 Å². The van der Waals surface area contributed by atoms with Gasteiger partial charge in [-0.05, 0) is 23.3 Å². The molecule has 4 heteroatoms. The molecule has 0 aliphatic carbocycles. The van der Waals surface area contributed by atoms with Gasteiger partial charge in [-0.25, -0.2) is 0 Å². The summed E-state index contributed by atoms with van der Waals surface area (Å²) in [5, 5.41) is 1.73. The van der Waals surface area contributed by atoms with Crippen LogP contribution in [0.25, 0.3) is 0 Å². The van der Waals surface area contributed by atoms with Gasteiger partial charge in [0.25, 0.3) is 0 Å². The second-order valence-electron chi connectivity index (χ2n) is 1.80. The Morgan fingerprint density at radius 3 is 2.58 bits per heavy atom. The quantitative estimate of drug-likeness (QED) is 0.548. The van der Waals surface area contributed by atoms with E-state index in [2.05, 4.69) is 5.92 Å². The molecule has 0 aliphatic rings. The van der Waals surface area contributed by atoms with Crippen molar-refractivity contribution in [3.05, 3.63) is 34.3 Å². The van der Waals surface area contributed by atoms with Crippen molar-refractivity contribution < 1.29 is 13.2 Å². The Morgan fingerprint density at radius 1 is 1.33 bits per heavy atom. The van der Waals surface area contributed by atoms with E-state index < -0.39 is 11.9 Å². The maximum absolute atomic E-state index is 12.1. The van der Waals surface area contributed by atoms with Crippen molar-refractivity contribution in [3.8, 4) is 11.8 Å². The van der Waals surface area contributed by atoms with Crippen molar-refractivity contribution in [2.24, 2.45) is 0 Å². The molecule has 0 nitrogen and oxygen atoms in total. The highest BCUT2D eigenvalue weighted by molar-refractivity contribution is 7.10. The van der Waals surface area contributed by atoms with Crippen LogP contribution in [0.3, 0.4) is 0 Å². The fraction of sp³-hybridized carbons (Fsp3) is 0. The Bertz CT molecular complexity index is 336. The highest BCUT2D eigenvalue weighted by Gasteiger charge is 1.98. The zero-order chi connectivity index (χ0) is 8.97. The molecule has 62 valence electrons. The number of halogens is 3. The molecule has 0 bridgehead atoms. The van der Waals surface area contributed by atoms with Gasteiger partial charge in [-0.3, -0.25) is 0 Å². The molecule has 1 aromatic heterocycles. The third-order valence-corrected chi connectivity index (χ3v) is 1.77. The summed E-state index contributed by atoms with van der Waals surface area (Å²) in [4.78, 5) is 0.561. The summed E-state index contributed by atoms with van der Waals surface area (Å²) < 4.78 is 35.0.